The third kappa shape index (κ3) is 5.58. The molecule has 10 heteroatoms. The highest BCUT2D eigenvalue weighted by Gasteiger charge is 2.36. The number of fused-ring (bicyclic) bond motifs is 2. The molecule has 0 spiro atoms. The van der Waals surface area contributed by atoms with E-state index in [9.17, 15) is 14.4 Å². The molecule has 3 aromatic carbocycles. The van der Waals surface area contributed by atoms with Crippen molar-refractivity contribution in [2.45, 2.75) is 26.8 Å². The molecule has 4 aromatic rings. The largest absolute Gasteiger partial charge is 0.496 e. The lowest BCUT2D eigenvalue weighted by atomic mass is 9.90. The van der Waals surface area contributed by atoms with Crippen molar-refractivity contribution in [1.82, 2.24) is 4.57 Å². The molecule has 1 aliphatic heterocycles. The molecule has 2 heterocycles. The second-order valence-electron chi connectivity index (χ2n) is 9.37. The fraction of sp³-hybridized carbons (Fsp3) is 0.250. The van der Waals surface area contributed by atoms with Gasteiger partial charge in [0.25, 0.3) is 5.56 Å². The second kappa shape index (κ2) is 12.4. The first-order valence-electron chi connectivity index (χ1n) is 13.5. The molecule has 1 atom stereocenters. The Balaban J connectivity index is 1.64. The fourth-order valence-electron chi connectivity index (χ4n) is 4.96. The van der Waals surface area contributed by atoms with Crippen LogP contribution in [-0.2, 0) is 19.1 Å². The summed E-state index contributed by atoms with van der Waals surface area (Å²) in [5.74, 6) is 0.0616. The summed E-state index contributed by atoms with van der Waals surface area (Å²) in [5.41, 5.74) is 1.90. The van der Waals surface area contributed by atoms with Gasteiger partial charge >= 0.3 is 11.9 Å². The first-order chi connectivity index (χ1) is 20.4. The van der Waals surface area contributed by atoms with Crippen LogP contribution in [-0.4, -0.2) is 43.4 Å². The SMILES string of the molecule is CCOC(=O)COc1ccc(/C=c2\sc3n(c2=O)[C@@H](c2c(OC)ccc4ccccc24)C(C(=O)OCC)=C(C)N=3)cc1. The molecule has 216 valence electrons. The van der Waals surface area contributed by atoms with Crippen LogP contribution in [0.4, 0.5) is 0 Å². The lowest BCUT2D eigenvalue weighted by Gasteiger charge is -2.27. The van der Waals surface area contributed by atoms with Crippen LogP contribution in [0, 0.1) is 0 Å². The van der Waals surface area contributed by atoms with E-state index in [2.05, 4.69) is 4.99 Å². The molecule has 9 nitrogen and oxygen atoms in total. The lowest BCUT2D eigenvalue weighted by Crippen LogP contribution is -2.40. The van der Waals surface area contributed by atoms with Crippen molar-refractivity contribution in [3.63, 3.8) is 0 Å². The van der Waals surface area contributed by atoms with Gasteiger partial charge in [0.05, 0.1) is 36.1 Å². The predicted octanol–water partition coefficient (Wildman–Crippen LogP) is 3.90. The Morgan fingerprint density at radius 3 is 2.45 bits per heavy atom. The number of allylic oxidation sites excluding steroid dienone is 1. The van der Waals surface area contributed by atoms with Crippen molar-refractivity contribution in [3.8, 4) is 11.5 Å². The zero-order valence-electron chi connectivity index (χ0n) is 23.7. The molecular weight excluding hydrogens is 556 g/mol. The summed E-state index contributed by atoms with van der Waals surface area (Å²) in [6, 6.07) is 17.8. The number of benzene rings is 3. The van der Waals surface area contributed by atoms with E-state index in [-0.39, 0.29) is 31.0 Å². The number of carbonyl (C=O) groups is 2. The molecule has 0 N–H and O–H groups in total. The van der Waals surface area contributed by atoms with Crippen molar-refractivity contribution in [3.05, 3.63) is 103 Å². The summed E-state index contributed by atoms with van der Waals surface area (Å²) in [5, 5.41) is 1.80. The van der Waals surface area contributed by atoms with Crippen LogP contribution in [0.1, 0.15) is 37.9 Å². The highest BCUT2D eigenvalue weighted by atomic mass is 32.1. The number of hydrogen-bond acceptors (Lipinski definition) is 9. The number of hydrogen-bond donors (Lipinski definition) is 0. The van der Waals surface area contributed by atoms with Crippen LogP contribution in [0.25, 0.3) is 16.8 Å². The molecule has 0 fully saturated rings. The maximum Gasteiger partial charge on any atom is 0.344 e. The van der Waals surface area contributed by atoms with Gasteiger partial charge in [0, 0.05) is 5.56 Å². The Morgan fingerprint density at radius 2 is 1.74 bits per heavy atom. The maximum absolute atomic E-state index is 14.1. The van der Waals surface area contributed by atoms with Gasteiger partial charge in [0.1, 0.15) is 17.5 Å². The van der Waals surface area contributed by atoms with Gasteiger partial charge in [-0.25, -0.2) is 14.6 Å². The van der Waals surface area contributed by atoms with Crippen molar-refractivity contribution in [2.24, 2.45) is 4.99 Å². The Bertz CT molecular complexity index is 1870. The van der Waals surface area contributed by atoms with Crippen molar-refractivity contribution in [2.75, 3.05) is 26.9 Å². The number of ether oxygens (including phenoxy) is 4. The molecule has 0 aliphatic carbocycles. The Kier molecular flexibility index (Phi) is 8.53. The Morgan fingerprint density at radius 1 is 1.00 bits per heavy atom. The van der Waals surface area contributed by atoms with Crippen LogP contribution < -0.4 is 24.4 Å². The van der Waals surface area contributed by atoms with E-state index >= 15 is 0 Å². The summed E-state index contributed by atoms with van der Waals surface area (Å²) in [6.07, 6.45) is 1.76. The van der Waals surface area contributed by atoms with E-state index in [4.69, 9.17) is 18.9 Å². The maximum atomic E-state index is 14.1. The summed E-state index contributed by atoms with van der Waals surface area (Å²) in [4.78, 5) is 44.2. The standard InChI is InChI=1S/C32H30N2O7S/c1-5-39-26(35)18-41-22-14-11-20(12-15-22)17-25-30(36)34-29(27(31(37)40-6-2)19(3)33-32(34)42-25)28-23-10-8-7-9-21(23)13-16-24(28)38-4/h7-17,29H,5-6,18H2,1-4H3/b25-17-/t29-/m1/s1. The van der Waals surface area contributed by atoms with Crippen LogP contribution in [0.3, 0.4) is 0 Å². The summed E-state index contributed by atoms with van der Waals surface area (Å²) >= 11 is 1.24. The predicted molar refractivity (Wildman–Crippen MR) is 159 cm³/mol. The summed E-state index contributed by atoms with van der Waals surface area (Å²) in [6.45, 7) is 5.50. The van der Waals surface area contributed by atoms with E-state index in [0.717, 1.165) is 16.3 Å². The third-order valence-electron chi connectivity index (χ3n) is 6.78. The second-order valence-corrected chi connectivity index (χ2v) is 10.4. The monoisotopic (exact) mass is 586 g/mol. The summed E-state index contributed by atoms with van der Waals surface area (Å²) in [7, 11) is 1.57. The minimum atomic E-state index is -0.817. The molecular formula is C32H30N2O7S. The average molecular weight is 587 g/mol. The molecule has 0 unspecified atom stereocenters. The highest BCUT2D eigenvalue weighted by molar-refractivity contribution is 7.07. The smallest absolute Gasteiger partial charge is 0.344 e. The molecule has 0 bridgehead atoms. The number of esters is 2. The van der Waals surface area contributed by atoms with Crippen LogP contribution >= 0.6 is 11.3 Å². The normalized spacial score (nSPS) is 14.8. The van der Waals surface area contributed by atoms with Gasteiger partial charge in [-0.2, -0.15) is 0 Å². The molecule has 1 aromatic heterocycles. The number of aromatic nitrogens is 1. The topological polar surface area (TPSA) is 105 Å². The third-order valence-corrected chi connectivity index (χ3v) is 7.76. The summed E-state index contributed by atoms with van der Waals surface area (Å²) < 4.78 is 23.6. The van der Waals surface area contributed by atoms with E-state index in [0.29, 0.717) is 32.1 Å². The van der Waals surface area contributed by atoms with Gasteiger partial charge in [-0.1, -0.05) is 53.8 Å². The number of thiazole rings is 1. The number of rotatable bonds is 9. The van der Waals surface area contributed by atoms with Gasteiger partial charge in [0.2, 0.25) is 0 Å². The van der Waals surface area contributed by atoms with Crippen molar-refractivity contribution >= 4 is 40.1 Å². The van der Waals surface area contributed by atoms with E-state index in [1.54, 1.807) is 62.8 Å². The zero-order valence-corrected chi connectivity index (χ0v) is 24.5. The lowest BCUT2D eigenvalue weighted by molar-refractivity contribution is -0.145. The highest BCUT2D eigenvalue weighted by Crippen LogP contribution is 2.40. The molecule has 0 amide bonds. The zero-order chi connectivity index (χ0) is 29.8. The number of carbonyl (C=O) groups excluding carboxylic acids is 2. The molecule has 1 aliphatic rings. The molecule has 0 radical (unpaired) electrons. The first kappa shape index (κ1) is 28.8. The number of methoxy groups -OCH3 is 1. The van der Waals surface area contributed by atoms with Crippen LogP contribution in [0.15, 0.2) is 81.7 Å². The fourth-order valence-corrected chi connectivity index (χ4v) is 6.00. The molecule has 0 saturated heterocycles. The van der Waals surface area contributed by atoms with Gasteiger partial charge in [-0.3, -0.25) is 9.36 Å². The van der Waals surface area contributed by atoms with Crippen LogP contribution in [0.5, 0.6) is 11.5 Å². The van der Waals surface area contributed by atoms with Crippen molar-refractivity contribution < 1.29 is 28.5 Å². The van der Waals surface area contributed by atoms with Crippen LogP contribution in [0.2, 0.25) is 0 Å². The van der Waals surface area contributed by atoms with Gasteiger partial charge < -0.3 is 18.9 Å². The van der Waals surface area contributed by atoms with E-state index in [1.165, 1.54) is 11.3 Å². The minimum absolute atomic E-state index is 0.179. The van der Waals surface area contributed by atoms with Gasteiger partial charge in [-0.05, 0) is 61.4 Å². The number of nitrogens with zero attached hydrogens (tertiary/aromatic N) is 2. The van der Waals surface area contributed by atoms with Gasteiger partial charge in [0.15, 0.2) is 11.4 Å². The van der Waals surface area contributed by atoms with Crippen molar-refractivity contribution in [1.29, 1.82) is 0 Å². The quantitative estimate of drug-likeness (QED) is 0.274. The van der Waals surface area contributed by atoms with E-state index < -0.39 is 18.0 Å². The molecule has 0 saturated carbocycles. The van der Waals surface area contributed by atoms with E-state index in [1.807, 2.05) is 36.4 Å². The molecule has 5 rings (SSSR count). The molecule has 42 heavy (non-hydrogen) atoms. The Hall–Kier alpha value is -4.70. The first-order valence-corrected chi connectivity index (χ1v) is 14.3. The Labute approximate surface area is 245 Å². The average Bonchev–Trinajstić information content (AvgIpc) is 3.29. The minimum Gasteiger partial charge on any atom is -0.496 e. The van der Waals surface area contributed by atoms with Gasteiger partial charge in [-0.15, -0.1) is 0 Å².